The zero-order valence-electron chi connectivity index (χ0n) is 15.4. The Bertz CT molecular complexity index is 802. The summed E-state index contributed by atoms with van der Waals surface area (Å²) in [5, 5.41) is 12.2. The van der Waals surface area contributed by atoms with Crippen LogP contribution in [0.1, 0.15) is 19.4 Å². The molecule has 0 aliphatic carbocycles. The van der Waals surface area contributed by atoms with Crippen LogP contribution in [-0.4, -0.2) is 47.1 Å². The number of likely N-dealkylation sites (N-methyl/N-ethyl adjacent to an activating group) is 1. The van der Waals surface area contributed by atoms with Gasteiger partial charge < -0.3 is 9.84 Å². The number of hydrogen-bond donors (Lipinski definition) is 2. The molecular weight excluding hydrogens is 330 g/mol. The summed E-state index contributed by atoms with van der Waals surface area (Å²) < 4.78 is 5.84. The number of nitrogens with zero attached hydrogens (tertiary/aromatic N) is 1. The average Bonchev–Trinajstić information content (AvgIpc) is 2.62. The molecule has 0 fully saturated rings. The number of aliphatic hydroxyl groups is 1. The molecule has 25 heavy (non-hydrogen) atoms. The van der Waals surface area contributed by atoms with Gasteiger partial charge in [-0.25, -0.2) is 0 Å². The van der Waals surface area contributed by atoms with Gasteiger partial charge in [0, 0.05) is 6.54 Å². The van der Waals surface area contributed by atoms with Gasteiger partial charge in [0.2, 0.25) is 0 Å². The van der Waals surface area contributed by atoms with E-state index in [1.54, 1.807) is 0 Å². The fraction of sp³-hybridized carbons (Fsp3) is 0.381. The van der Waals surface area contributed by atoms with Crippen molar-refractivity contribution >= 4 is 27.2 Å². The highest BCUT2D eigenvalue weighted by Crippen LogP contribution is 2.16. The Morgan fingerprint density at radius 3 is 2.64 bits per heavy atom. The van der Waals surface area contributed by atoms with Crippen LogP contribution in [0, 0.1) is 11.8 Å². The predicted molar refractivity (Wildman–Crippen MR) is 111 cm³/mol. The van der Waals surface area contributed by atoms with Crippen molar-refractivity contribution in [2.45, 2.75) is 26.0 Å². The van der Waals surface area contributed by atoms with E-state index in [0.717, 1.165) is 17.9 Å². The van der Waals surface area contributed by atoms with E-state index in [9.17, 15) is 5.11 Å². The Kier molecular flexibility index (Phi) is 7.22. The predicted octanol–water partition coefficient (Wildman–Crippen LogP) is 3.85. The zero-order chi connectivity index (χ0) is 18.3. The third-order valence-corrected chi connectivity index (χ3v) is 4.84. The number of fused-ring (bicyclic) bond motifs is 1. The van der Waals surface area contributed by atoms with E-state index in [-0.39, 0.29) is 10.6 Å². The quantitative estimate of drug-likeness (QED) is 0.356. The van der Waals surface area contributed by atoms with Gasteiger partial charge in [-0.2, -0.15) is 11.4 Å². The highest BCUT2D eigenvalue weighted by Gasteiger charge is 2.20. The van der Waals surface area contributed by atoms with Gasteiger partial charge >= 0.3 is 0 Å². The number of aliphatic hydroxyl groups excluding tert-OH is 1. The molecule has 3 nitrogen and oxygen atoms in total. The molecule has 4 heteroatoms. The highest BCUT2D eigenvalue weighted by atomic mass is 32.1. The van der Waals surface area contributed by atoms with Gasteiger partial charge in [-0.3, -0.25) is 4.90 Å². The van der Waals surface area contributed by atoms with Crippen LogP contribution in [0.5, 0.6) is 0 Å². The van der Waals surface area contributed by atoms with Crippen molar-refractivity contribution in [3.05, 3.63) is 48.0 Å². The third kappa shape index (κ3) is 5.98. The smallest absolute Gasteiger partial charge is 0.145 e. The SMILES string of the molecule is C[SH]=C(O)C#CC(C)(C)N(C)CCOCc1ccc2ccccc2c1. The molecule has 0 atom stereocenters. The maximum atomic E-state index is 9.51. The van der Waals surface area contributed by atoms with Gasteiger partial charge in [0.05, 0.1) is 18.8 Å². The Balaban J connectivity index is 1.83. The lowest BCUT2D eigenvalue weighted by Crippen LogP contribution is -2.41. The summed E-state index contributed by atoms with van der Waals surface area (Å²) in [5.74, 6) is 5.93. The number of rotatable bonds is 6. The van der Waals surface area contributed by atoms with E-state index < -0.39 is 0 Å². The van der Waals surface area contributed by atoms with Crippen LogP contribution in [0.3, 0.4) is 0 Å². The molecule has 0 amide bonds. The topological polar surface area (TPSA) is 32.7 Å². The van der Waals surface area contributed by atoms with E-state index in [2.05, 4.69) is 59.2 Å². The van der Waals surface area contributed by atoms with Crippen molar-refractivity contribution < 1.29 is 9.84 Å². The number of ether oxygens (including phenoxy) is 1. The second kappa shape index (κ2) is 9.17. The summed E-state index contributed by atoms with van der Waals surface area (Å²) in [6.07, 6.45) is 1.86. The first-order valence-corrected chi connectivity index (χ1v) is 9.72. The van der Waals surface area contributed by atoms with E-state index >= 15 is 0 Å². The summed E-state index contributed by atoms with van der Waals surface area (Å²) in [5.41, 5.74) is 0.868. The molecule has 2 aromatic carbocycles. The first-order chi connectivity index (χ1) is 11.9. The molecule has 0 unspecified atom stereocenters. The van der Waals surface area contributed by atoms with Crippen LogP contribution < -0.4 is 0 Å². The molecule has 0 heterocycles. The lowest BCUT2D eigenvalue weighted by Gasteiger charge is -2.30. The van der Waals surface area contributed by atoms with Gasteiger partial charge in [0.15, 0.2) is 0 Å². The van der Waals surface area contributed by atoms with Crippen molar-refractivity contribution in [2.24, 2.45) is 0 Å². The minimum atomic E-state index is -0.315. The number of hydrogen-bond acceptors (Lipinski definition) is 2. The minimum absolute atomic E-state index is 0.203. The zero-order valence-corrected chi connectivity index (χ0v) is 16.3. The van der Waals surface area contributed by atoms with Crippen molar-refractivity contribution in [1.82, 2.24) is 4.90 Å². The first kappa shape index (κ1) is 19.7. The number of thiol groups is 1. The Morgan fingerprint density at radius 2 is 1.92 bits per heavy atom. The molecule has 0 bridgehead atoms. The summed E-state index contributed by atoms with van der Waals surface area (Å²) in [4.78, 5) is 2.14. The molecule has 0 saturated carbocycles. The van der Waals surface area contributed by atoms with Gasteiger partial charge in [-0.05, 0) is 55.5 Å². The van der Waals surface area contributed by atoms with Crippen LogP contribution in [-0.2, 0) is 11.3 Å². The molecular formula is C21H27NO2S. The maximum Gasteiger partial charge on any atom is 0.145 e. The van der Waals surface area contributed by atoms with Crippen molar-refractivity contribution in [2.75, 3.05) is 26.5 Å². The Morgan fingerprint density at radius 1 is 1.20 bits per heavy atom. The first-order valence-electron chi connectivity index (χ1n) is 8.38. The van der Waals surface area contributed by atoms with Crippen molar-refractivity contribution in [3.8, 4) is 11.8 Å². The molecule has 0 aliphatic heterocycles. The minimum Gasteiger partial charge on any atom is -0.375 e. The van der Waals surface area contributed by atoms with Crippen LogP contribution >= 0.6 is 11.4 Å². The molecule has 0 aliphatic rings. The monoisotopic (exact) mass is 357 g/mol. The summed E-state index contributed by atoms with van der Waals surface area (Å²) in [7, 11) is 2.02. The van der Waals surface area contributed by atoms with Gasteiger partial charge in [0.25, 0.3) is 0 Å². The maximum absolute atomic E-state index is 9.51. The molecule has 134 valence electrons. The second-order valence-electron chi connectivity index (χ2n) is 6.51. The summed E-state index contributed by atoms with van der Waals surface area (Å²) >= 11 is 0.798. The molecule has 2 aromatic rings. The van der Waals surface area contributed by atoms with Gasteiger partial charge in [0.1, 0.15) is 5.05 Å². The van der Waals surface area contributed by atoms with Gasteiger partial charge in [-0.1, -0.05) is 42.3 Å². The number of benzene rings is 2. The van der Waals surface area contributed by atoms with Crippen molar-refractivity contribution in [3.63, 3.8) is 0 Å². The summed E-state index contributed by atoms with van der Waals surface area (Å²) in [6, 6.07) is 14.8. The third-order valence-electron chi connectivity index (χ3n) is 4.30. The normalized spacial score (nSPS) is 12.6. The molecule has 1 N–H and O–H groups in total. The van der Waals surface area contributed by atoms with Crippen LogP contribution in [0.25, 0.3) is 10.8 Å². The molecule has 0 saturated heterocycles. The Hall–Kier alpha value is -1.64. The fourth-order valence-electron chi connectivity index (χ4n) is 2.36. The lowest BCUT2D eigenvalue weighted by molar-refractivity contribution is 0.0816. The lowest BCUT2D eigenvalue weighted by atomic mass is 10.0. The molecule has 2 rings (SSSR count). The van der Waals surface area contributed by atoms with Crippen LogP contribution in [0.2, 0.25) is 0 Å². The molecule has 0 spiro atoms. The molecule has 0 aromatic heterocycles. The van der Waals surface area contributed by atoms with E-state index in [1.165, 1.54) is 16.3 Å². The summed E-state index contributed by atoms with van der Waals surface area (Å²) in [6.45, 7) is 6.11. The van der Waals surface area contributed by atoms with Gasteiger partial charge in [-0.15, -0.1) is 0 Å². The van der Waals surface area contributed by atoms with E-state index in [4.69, 9.17) is 4.74 Å². The largest absolute Gasteiger partial charge is 0.375 e. The average molecular weight is 358 g/mol. The highest BCUT2D eigenvalue weighted by molar-refractivity contribution is 7.98. The standard InChI is InChI=1S/C21H27NO2S/c1-21(2,12-11-20(23)25-4)22(3)13-14-24-16-17-9-10-18-7-5-6-8-19(18)15-17/h5-10,15,23,25H,13-14,16H2,1-4H3. The van der Waals surface area contributed by atoms with E-state index in [1.807, 2.05) is 27.2 Å². The fourth-order valence-corrected chi connectivity index (χ4v) is 2.53. The van der Waals surface area contributed by atoms with Crippen LogP contribution in [0.15, 0.2) is 42.5 Å². The second-order valence-corrected chi connectivity index (χ2v) is 7.38. The van der Waals surface area contributed by atoms with Crippen molar-refractivity contribution in [1.29, 1.82) is 0 Å². The Labute approximate surface area is 154 Å². The van der Waals surface area contributed by atoms with E-state index in [0.29, 0.717) is 13.2 Å². The molecule has 0 radical (unpaired) electrons. The van der Waals surface area contributed by atoms with Crippen LogP contribution in [0.4, 0.5) is 0 Å².